The van der Waals surface area contributed by atoms with Crippen LogP contribution in [0.4, 0.5) is 0 Å². The third-order valence-electron chi connectivity index (χ3n) is 3.55. The molecule has 7 nitrogen and oxygen atoms in total. The zero-order valence-electron chi connectivity index (χ0n) is 11.1. The van der Waals surface area contributed by atoms with E-state index in [1.165, 1.54) is 6.92 Å². The minimum Gasteiger partial charge on any atom is -0.480 e. The largest absolute Gasteiger partial charge is 0.480 e. The monoisotopic (exact) mass is 272 g/mol. The molecule has 2 rings (SSSR count). The zero-order valence-corrected chi connectivity index (χ0v) is 11.1. The van der Waals surface area contributed by atoms with Gasteiger partial charge in [0.25, 0.3) is 0 Å². The Hall–Kier alpha value is -1.18. The van der Waals surface area contributed by atoms with Gasteiger partial charge in [0.05, 0.1) is 19.8 Å². The summed E-state index contributed by atoms with van der Waals surface area (Å²) in [5.41, 5.74) is 0. The van der Waals surface area contributed by atoms with Gasteiger partial charge in [0, 0.05) is 25.9 Å². The lowest BCUT2D eigenvalue weighted by Crippen LogP contribution is -2.49. The van der Waals surface area contributed by atoms with Crippen molar-refractivity contribution in [3.05, 3.63) is 0 Å². The minimum atomic E-state index is -1.03. The van der Waals surface area contributed by atoms with Gasteiger partial charge in [-0.15, -0.1) is 0 Å². The molecule has 7 heteroatoms. The van der Waals surface area contributed by atoms with Crippen molar-refractivity contribution in [1.82, 2.24) is 10.2 Å². The number of carbonyl (C=O) groups excluding carboxylic acids is 1. The number of aliphatic carboxylic acids is 1. The number of amides is 1. The van der Waals surface area contributed by atoms with Crippen LogP contribution in [0.15, 0.2) is 0 Å². The summed E-state index contributed by atoms with van der Waals surface area (Å²) in [6, 6.07) is -0.856. The molecule has 1 unspecified atom stereocenters. The Labute approximate surface area is 111 Å². The van der Waals surface area contributed by atoms with Gasteiger partial charge in [0.1, 0.15) is 6.04 Å². The molecule has 2 heterocycles. The van der Waals surface area contributed by atoms with E-state index in [1.807, 2.05) is 4.90 Å². The second kappa shape index (κ2) is 5.85. The first-order chi connectivity index (χ1) is 9.01. The third-order valence-corrected chi connectivity index (χ3v) is 3.55. The van der Waals surface area contributed by atoms with E-state index in [0.717, 1.165) is 25.9 Å². The summed E-state index contributed by atoms with van der Waals surface area (Å²) in [7, 11) is 0. The van der Waals surface area contributed by atoms with E-state index in [4.69, 9.17) is 14.6 Å². The van der Waals surface area contributed by atoms with E-state index in [2.05, 4.69) is 5.32 Å². The Morgan fingerprint density at radius 2 is 1.89 bits per heavy atom. The van der Waals surface area contributed by atoms with Crippen LogP contribution in [0.1, 0.15) is 19.8 Å². The van der Waals surface area contributed by atoms with Gasteiger partial charge in [-0.25, -0.2) is 0 Å². The SMILES string of the molecule is CC(NC(=O)CN1CCC2(CC1)OCCO2)C(=O)O. The zero-order chi connectivity index (χ0) is 13.9. The molecular weight excluding hydrogens is 252 g/mol. The normalized spacial score (nSPS) is 24.3. The third kappa shape index (κ3) is 3.65. The van der Waals surface area contributed by atoms with Crippen LogP contribution >= 0.6 is 0 Å². The number of hydrogen-bond donors (Lipinski definition) is 2. The van der Waals surface area contributed by atoms with Gasteiger partial charge in [-0.05, 0) is 6.92 Å². The van der Waals surface area contributed by atoms with Gasteiger partial charge >= 0.3 is 5.97 Å². The van der Waals surface area contributed by atoms with E-state index in [1.54, 1.807) is 0 Å². The Balaban J connectivity index is 1.73. The number of rotatable bonds is 4. The molecule has 2 aliphatic rings. The predicted octanol–water partition coefficient (Wildman–Crippen LogP) is -0.585. The number of carboxylic acid groups (broad SMARTS) is 1. The first kappa shape index (κ1) is 14.2. The van der Waals surface area contributed by atoms with E-state index >= 15 is 0 Å². The summed E-state index contributed by atoms with van der Waals surface area (Å²) in [6.07, 6.45) is 1.49. The summed E-state index contributed by atoms with van der Waals surface area (Å²) in [5.74, 6) is -1.74. The molecule has 19 heavy (non-hydrogen) atoms. The first-order valence-corrected chi connectivity index (χ1v) is 6.53. The quantitative estimate of drug-likeness (QED) is 0.711. The number of hydrogen-bond acceptors (Lipinski definition) is 5. The number of piperidine rings is 1. The second-order valence-corrected chi connectivity index (χ2v) is 5.01. The highest BCUT2D eigenvalue weighted by Crippen LogP contribution is 2.30. The lowest BCUT2D eigenvalue weighted by Gasteiger charge is -2.37. The molecule has 0 bridgehead atoms. The van der Waals surface area contributed by atoms with Gasteiger partial charge < -0.3 is 19.9 Å². The van der Waals surface area contributed by atoms with Crippen LogP contribution in [0.25, 0.3) is 0 Å². The lowest BCUT2D eigenvalue weighted by molar-refractivity contribution is -0.185. The molecule has 0 aromatic heterocycles. The number of nitrogens with zero attached hydrogens (tertiary/aromatic N) is 1. The Kier molecular flexibility index (Phi) is 4.38. The van der Waals surface area contributed by atoms with Crippen molar-refractivity contribution >= 4 is 11.9 Å². The maximum Gasteiger partial charge on any atom is 0.325 e. The van der Waals surface area contributed by atoms with Crippen LogP contribution in [0.2, 0.25) is 0 Å². The van der Waals surface area contributed by atoms with Crippen molar-refractivity contribution in [1.29, 1.82) is 0 Å². The van der Waals surface area contributed by atoms with E-state index < -0.39 is 17.8 Å². The first-order valence-electron chi connectivity index (χ1n) is 6.53. The average molecular weight is 272 g/mol. The molecule has 0 saturated carbocycles. The van der Waals surface area contributed by atoms with Crippen molar-refractivity contribution in [2.24, 2.45) is 0 Å². The number of likely N-dealkylation sites (tertiary alicyclic amines) is 1. The van der Waals surface area contributed by atoms with Gasteiger partial charge in [0.2, 0.25) is 5.91 Å². The molecule has 1 spiro atoms. The summed E-state index contributed by atoms with van der Waals surface area (Å²) < 4.78 is 11.2. The molecule has 108 valence electrons. The Morgan fingerprint density at radius 3 is 2.42 bits per heavy atom. The Bertz CT molecular complexity index is 344. The van der Waals surface area contributed by atoms with E-state index in [0.29, 0.717) is 13.2 Å². The molecule has 2 N–H and O–H groups in total. The smallest absolute Gasteiger partial charge is 0.325 e. The number of carbonyl (C=O) groups is 2. The molecule has 1 atom stereocenters. The van der Waals surface area contributed by atoms with Crippen molar-refractivity contribution in [2.75, 3.05) is 32.8 Å². The standard InChI is InChI=1S/C12H20N2O5/c1-9(11(16)17)13-10(15)8-14-4-2-12(3-5-14)18-6-7-19-12/h9H,2-8H2,1H3,(H,13,15)(H,16,17). The van der Waals surface area contributed by atoms with E-state index in [-0.39, 0.29) is 12.5 Å². The fraction of sp³-hybridized carbons (Fsp3) is 0.833. The van der Waals surface area contributed by atoms with Crippen LogP contribution in [0, 0.1) is 0 Å². The summed E-state index contributed by atoms with van der Waals surface area (Å²) in [5, 5.41) is 11.2. The molecule has 1 amide bonds. The summed E-state index contributed by atoms with van der Waals surface area (Å²) in [4.78, 5) is 24.3. The molecule has 2 fully saturated rings. The molecule has 0 aromatic rings. The summed E-state index contributed by atoms with van der Waals surface area (Å²) in [6.45, 7) is 4.37. The lowest BCUT2D eigenvalue weighted by atomic mass is 10.0. The molecule has 0 aromatic carbocycles. The van der Waals surface area contributed by atoms with Crippen LogP contribution < -0.4 is 5.32 Å². The van der Waals surface area contributed by atoms with Gasteiger partial charge in [-0.2, -0.15) is 0 Å². The molecule has 2 aliphatic heterocycles. The molecule has 0 radical (unpaired) electrons. The van der Waals surface area contributed by atoms with Crippen LogP contribution in [-0.2, 0) is 19.1 Å². The Morgan fingerprint density at radius 1 is 1.32 bits per heavy atom. The highest BCUT2D eigenvalue weighted by atomic mass is 16.7. The number of nitrogens with one attached hydrogen (secondary N) is 1. The highest BCUT2D eigenvalue weighted by Gasteiger charge is 2.39. The van der Waals surface area contributed by atoms with Gasteiger partial charge in [0.15, 0.2) is 5.79 Å². The van der Waals surface area contributed by atoms with Crippen molar-refractivity contribution < 1.29 is 24.2 Å². The number of carboxylic acids is 1. The maximum atomic E-state index is 11.7. The fourth-order valence-electron chi connectivity index (χ4n) is 2.39. The van der Waals surface area contributed by atoms with Crippen molar-refractivity contribution in [3.8, 4) is 0 Å². The van der Waals surface area contributed by atoms with Gasteiger partial charge in [-0.1, -0.05) is 0 Å². The van der Waals surface area contributed by atoms with Crippen LogP contribution in [0.5, 0.6) is 0 Å². The highest BCUT2D eigenvalue weighted by molar-refractivity contribution is 5.84. The second-order valence-electron chi connectivity index (χ2n) is 5.01. The van der Waals surface area contributed by atoms with Crippen molar-refractivity contribution in [3.63, 3.8) is 0 Å². The van der Waals surface area contributed by atoms with Crippen LogP contribution in [0.3, 0.4) is 0 Å². The minimum absolute atomic E-state index is 0.216. The fourth-order valence-corrected chi connectivity index (χ4v) is 2.39. The molecule has 0 aliphatic carbocycles. The topological polar surface area (TPSA) is 88.1 Å². The molecular formula is C12H20N2O5. The van der Waals surface area contributed by atoms with Gasteiger partial charge in [-0.3, -0.25) is 14.5 Å². The van der Waals surface area contributed by atoms with E-state index in [9.17, 15) is 9.59 Å². The average Bonchev–Trinajstić information content (AvgIpc) is 2.81. The predicted molar refractivity (Wildman–Crippen MR) is 65.5 cm³/mol. The summed E-state index contributed by atoms with van der Waals surface area (Å²) >= 11 is 0. The number of ether oxygens (including phenoxy) is 2. The van der Waals surface area contributed by atoms with Crippen LogP contribution in [-0.4, -0.2) is 66.6 Å². The molecule has 2 saturated heterocycles. The maximum absolute atomic E-state index is 11.7. The van der Waals surface area contributed by atoms with Crippen molar-refractivity contribution in [2.45, 2.75) is 31.6 Å².